The minimum atomic E-state index is 1.24. The monoisotopic (exact) mass is 214 g/mol. The van der Waals surface area contributed by atoms with Crippen LogP contribution in [0.5, 0.6) is 0 Å². The molecule has 0 bridgehead atoms. The van der Waals surface area contributed by atoms with E-state index in [4.69, 9.17) is 0 Å². The lowest BCUT2D eigenvalue weighted by atomic mass is 10.1. The minimum Gasteiger partial charge on any atom is -0.306 e. The van der Waals surface area contributed by atoms with Crippen molar-refractivity contribution in [2.45, 2.75) is 46.0 Å². The summed E-state index contributed by atoms with van der Waals surface area (Å²) in [4.78, 5) is 4.75. The molecule has 92 valence electrons. The second-order valence-electron chi connectivity index (χ2n) is 4.67. The third kappa shape index (κ3) is 10.2. The Balaban J connectivity index is 0.000000262. The first-order valence-corrected chi connectivity index (χ1v) is 6.57. The van der Waals surface area contributed by atoms with Crippen LogP contribution < -0.4 is 0 Å². The normalized spacial score (nSPS) is 17.4. The molecular weight excluding hydrogens is 184 g/mol. The van der Waals surface area contributed by atoms with Gasteiger partial charge in [0, 0.05) is 0 Å². The Morgan fingerprint density at radius 2 is 1.40 bits per heavy atom. The van der Waals surface area contributed by atoms with Gasteiger partial charge in [-0.3, -0.25) is 0 Å². The standard InChI is InChI=1S/C7H17N.C6H13N/c1-4-6-8(3)7-5-2;1-7-5-3-2-4-6-7/h4-7H2,1-3H3;2-6H2,1H3. The van der Waals surface area contributed by atoms with E-state index in [1.165, 1.54) is 58.3 Å². The number of nitrogens with zero attached hydrogens (tertiary/aromatic N) is 2. The predicted octanol–water partition coefficient (Wildman–Crippen LogP) is 2.84. The Bertz CT molecular complexity index is 114. The second-order valence-corrected chi connectivity index (χ2v) is 4.67. The van der Waals surface area contributed by atoms with Gasteiger partial charge in [-0.2, -0.15) is 0 Å². The maximum absolute atomic E-state index is 2.39. The molecule has 1 heterocycles. The van der Waals surface area contributed by atoms with Crippen LogP contribution in [0.15, 0.2) is 0 Å². The van der Waals surface area contributed by atoms with E-state index in [9.17, 15) is 0 Å². The van der Waals surface area contributed by atoms with Gasteiger partial charge in [0.25, 0.3) is 0 Å². The number of piperidine rings is 1. The van der Waals surface area contributed by atoms with Gasteiger partial charge in [-0.25, -0.2) is 0 Å². The van der Waals surface area contributed by atoms with Crippen molar-refractivity contribution >= 4 is 0 Å². The van der Waals surface area contributed by atoms with E-state index in [1.807, 2.05) is 0 Å². The van der Waals surface area contributed by atoms with Crippen molar-refractivity contribution in [2.75, 3.05) is 40.3 Å². The maximum atomic E-state index is 2.39. The second kappa shape index (κ2) is 10.4. The molecule has 15 heavy (non-hydrogen) atoms. The van der Waals surface area contributed by atoms with E-state index in [0.717, 1.165) is 0 Å². The van der Waals surface area contributed by atoms with Crippen LogP contribution in [0.1, 0.15) is 46.0 Å². The molecule has 1 aliphatic heterocycles. The molecule has 1 saturated heterocycles. The lowest BCUT2D eigenvalue weighted by Gasteiger charge is -2.20. The molecule has 0 unspecified atom stereocenters. The quantitative estimate of drug-likeness (QED) is 0.710. The summed E-state index contributed by atoms with van der Waals surface area (Å²) in [7, 11) is 4.37. The zero-order valence-electron chi connectivity index (χ0n) is 11.3. The van der Waals surface area contributed by atoms with Gasteiger partial charge in [-0.15, -0.1) is 0 Å². The van der Waals surface area contributed by atoms with Crippen LogP contribution in [-0.4, -0.2) is 50.1 Å². The van der Waals surface area contributed by atoms with Crippen molar-refractivity contribution in [3.63, 3.8) is 0 Å². The first-order chi connectivity index (χ1) is 7.20. The highest BCUT2D eigenvalue weighted by molar-refractivity contribution is 4.58. The van der Waals surface area contributed by atoms with Crippen molar-refractivity contribution < 1.29 is 0 Å². The van der Waals surface area contributed by atoms with Gasteiger partial charge in [-0.05, 0) is 66.0 Å². The first-order valence-electron chi connectivity index (χ1n) is 6.57. The molecule has 2 heteroatoms. The van der Waals surface area contributed by atoms with Crippen LogP contribution >= 0.6 is 0 Å². The largest absolute Gasteiger partial charge is 0.306 e. The molecule has 1 aliphatic rings. The Kier molecular flexibility index (Phi) is 10.4. The van der Waals surface area contributed by atoms with Gasteiger partial charge >= 0.3 is 0 Å². The fourth-order valence-electron chi connectivity index (χ4n) is 1.93. The highest BCUT2D eigenvalue weighted by Gasteiger charge is 2.02. The molecule has 0 N–H and O–H groups in total. The molecule has 2 nitrogen and oxygen atoms in total. The van der Waals surface area contributed by atoms with E-state index >= 15 is 0 Å². The van der Waals surface area contributed by atoms with Gasteiger partial charge in [0.15, 0.2) is 0 Å². The number of rotatable bonds is 4. The number of hydrogen-bond acceptors (Lipinski definition) is 2. The lowest BCUT2D eigenvalue weighted by molar-refractivity contribution is 0.277. The first kappa shape index (κ1) is 14.9. The van der Waals surface area contributed by atoms with Gasteiger partial charge in [0.1, 0.15) is 0 Å². The van der Waals surface area contributed by atoms with E-state index in [0.29, 0.717) is 0 Å². The van der Waals surface area contributed by atoms with Crippen molar-refractivity contribution in [1.29, 1.82) is 0 Å². The van der Waals surface area contributed by atoms with Crippen molar-refractivity contribution in [3.05, 3.63) is 0 Å². The molecule has 0 aliphatic carbocycles. The molecule has 0 radical (unpaired) electrons. The van der Waals surface area contributed by atoms with Gasteiger partial charge in [0.05, 0.1) is 0 Å². The average molecular weight is 214 g/mol. The fourth-order valence-corrected chi connectivity index (χ4v) is 1.93. The molecule has 0 spiro atoms. The minimum absolute atomic E-state index is 1.24. The van der Waals surface area contributed by atoms with Crippen LogP contribution in [0.4, 0.5) is 0 Å². The third-order valence-electron chi connectivity index (χ3n) is 2.79. The summed E-state index contributed by atoms with van der Waals surface area (Å²) in [6.07, 6.45) is 6.82. The van der Waals surface area contributed by atoms with Crippen molar-refractivity contribution in [1.82, 2.24) is 9.80 Å². The van der Waals surface area contributed by atoms with Crippen LogP contribution in [-0.2, 0) is 0 Å². The summed E-state index contributed by atoms with van der Waals surface area (Å²) in [5.41, 5.74) is 0. The summed E-state index contributed by atoms with van der Waals surface area (Å²) in [6.45, 7) is 9.56. The van der Waals surface area contributed by atoms with Gasteiger partial charge < -0.3 is 9.80 Å². The van der Waals surface area contributed by atoms with Crippen LogP contribution in [0, 0.1) is 0 Å². The third-order valence-corrected chi connectivity index (χ3v) is 2.79. The fraction of sp³-hybridized carbons (Fsp3) is 1.00. The molecule has 0 saturated carbocycles. The number of likely N-dealkylation sites (tertiary alicyclic amines) is 1. The molecule has 1 fully saturated rings. The molecule has 0 aromatic carbocycles. The highest BCUT2D eigenvalue weighted by Crippen LogP contribution is 2.04. The van der Waals surface area contributed by atoms with E-state index in [2.05, 4.69) is 37.7 Å². The molecule has 1 rings (SSSR count). The molecule has 0 aromatic rings. The Hall–Kier alpha value is -0.0800. The smallest absolute Gasteiger partial charge is 0.00218 e. The van der Waals surface area contributed by atoms with Crippen molar-refractivity contribution in [2.24, 2.45) is 0 Å². The van der Waals surface area contributed by atoms with Crippen LogP contribution in [0.2, 0.25) is 0 Å². The maximum Gasteiger partial charge on any atom is -0.00218 e. The van der Waals surface area contributed by atoms with E-state index in [-0.39, 0.29) is 0 Å². The Morgan fingerprint density at radius 1 is 0.933 bits per heavy atom. The zero-order chi connectivity index (χ0) is 11.5. The summed E-state index contributed by atoms with van der Waals surface area (Å²) in [5.74, 6) is 0. The highest BCUT2D eigenvalue weighted by atomic mass is 15.1. The average Bonchev–Trinajstić information content (AvgIpc) is 2.20. The number of hydrogen-bond donors (Lipinski definition) is 0. The van der Waals surface area contributed by atoms with Gasteiger partial charge in [0.2, 0.25) is 0 Å². The molecule has 0 aromatic heterocycles. The predicted molar refractivity (Wildman–Crippen MR) is 69.4 cm³/mol. The SMILES string of the molecule is CCCN(C)CCC.CN1CCCCC1. The summed E-state index contributed by atoms with van der Waals surface area (Å²) >= 11 is 0. The van der Waals surface area contributed by atoms with Gasteiger partial charge in [-0.1, -0.05) is 20.3 Å². The topological polar surface area (TPSA) is 6.48 Å². The lowest BCUT2D eigenvalue weighted by Crippen LogP contribution is -2.24. The Labute approximate surface area is 96.6 Å². The summed E-state index contributed by atoms with van der Waals surface area (Å²) in [5, 5.41) is 0. The van der Waals surface area contributed by atoms with E-state index < -0.39 is 0 Å². The molecule has 0 atom stereocenters. The van der Waals surface area contributed by atoms with E-state index in [1.54, 1.807) is 0 Å². The summed E-state index contributed by atoms with van der Waals surface area (Å²) in [6, 6.07) is 0. The zero-order valence-corrected chi connectivity index (χ0v) is 11.3. The van der Waals surface area contributed by atoms with Crippen LogP contribution in [0.3, 0.4) is 0 Å². The molecular formula is C13H30N2. The summed E-state index contributed by atoms with van der Waals surface area (Å²) < 4.78 is 0. The van der Waals surface area contributed by atoms with Crippen LogP contribution in [0.25, 0.3) is 0 Å². The van der Waals surface area contributed by atoms with Crippen molar-refractivity contribution in [3.8, 4) is 0 Å². The molecule has 0 amide bonds. The Morgan fingerprint density at radius 3 is 1.67 bits per heavy atom.